The van der Waals surface area contributed by atoms with E-state index in [4.69, 9.17) is 33.2 Å². The number of methoxy groups -OCH3 is 4. The number of phenolic OH excluding ortho intramolecular Hbond substituents is 1. The standard InChI is InChI=1S/C40H45N3O7.C25H27NO5.C15H20N2O3/c1-47-37(45)25-43-35-24-29(40(46)48-2)12-16-33(35)38(27-7-4-3-5-8-27)39(43)28-10-14-32(15-11-28)50-26-30-23-31(42-18-6-9-36(42)44)13-17-34(30)41-19-21-49-22-20-41;1-30-22(28)15-26-21-14-18(25(29)31-2)10-13-20(21)23(16-6-4-3-5-7-16)24(26)17-8-11-19(27)12-9-17;18-11-12-10-13(17-5-1-2-15(17)19)3-4-14(12)16-6-8-20-9-7-16/h10-17,23-24,27H,3-9,18-22,25-26H2,1-2H3;8-14,16,27H,3-7,15H2,1-2H3;3-4,10,18H,1-2,5-9,11H2. The van der Waals surface area contributed by atoms with Crippen LogP contribution in [0.1, 0.15) is 145 Å². The van der Waals surface area contributed by atoms with Crippen LogP contribution in [0.5, 0.6) is 11.5 Å². The fourth-order valence-corrected chi connectivity index (χ4v) is 15.5. The van der Waals surface area contributed by atoms with E-state index in [1.165, 1.54) is 65.2 Å². The number of aliphatic hydroxyl groups excluding tert-OH is 1. The van der Waals surface area contributed by atoms with E-state index >= 15 is 0 Å². The fraction of sp³-hybridized carbons (Fsp3) is 0.425. The third-order valence-electron chi connectivity index (χ3n) is 20.5. The zero-order valence-corrected chi connectivity index (χ0v) is 58.4. The maximum Gasteiger partial charge on any atom is 0.337 e. The predicted octanol–water partition coefficient (Wildman–Crippen LogP) is 13.0. The van der Waals surface area contributed by atoms with Crippen LogP contribution >= 0.6 is 0 Å². The molecular formula is C80H92N6O15. The van der Waals surface area contributed by atoms with Crippen molar-refractivity contribution in [2.45, 2.75) is 128 Å². The Labute approximate surface area is 589 Å². The molecule has 8 aromatic rings. The molecule has 14 rings (SSSR count). The Hall–Kier alpha value is -9.70. The van der Waals surface area contributed by atoms with Crippen LogP contribution in [0.25, 0.3) is 44.3 Å². The van der Waals surface area contributed by atoms with Gasteiger partial charge in [-0.15, -0.1) is 0 Å². The Bertz CT molecular complexity index is 4270. The molecule has 4 aliphatic heterocycles. The number of nitrogens with zero attached hydrogens (tertiary/aromatic N) is 6. The van der Waals surface area contributed by atoms with Crippen LogP contribution < -0.4 is 24.3 Å². The molecule has 2 aliphatic carbocycles. The molecule has 101 heavy (non-hydrogen) atoms. The maximum atomic E-state index is 12.8. The lowest BCUT2D eigenvalue weighted by molar-refractivity contribution is -0.142. The minimum atomic E-state index is -0.422. The summed E-state index contributed by atoms with van der Waals surface area (Å²) in [6, 6.07) is 38.4. The topological polar surface area (TPSA) is 230 Å². The van der Waals surface area contributed by atoms with Crippen molar-refractivity contribution in [2.24, 2.45) is 0 Å². The molecule has 21 heteroatoms. The second kappa shape index (κ2) is 33.2. The molecule has 0 spiro atoms. The van der Waals surface area contributed by atoms with E-state index < -0.39 is 11.9 Å². The lowest BCUT2D eigenvalue weighted by atomic mass is 9.82. The molecule has 2 saturated carbocycles. The van der Waals surface area contributed by atoms with Crippen molar-refractivity contribution >= 4 is 80.2 Å². The molecule has 2 aromatic heterocycles. The number of fused-ring (bicyclic) bond motifs is 2. The number of phenols is 1. The molecule has 0 radical (unpaired) electrons. The Morgan fingerprint density at radius 3 is 1.31 bits per heavy atom. The van der Waals surface area contributed by atoms with E-state index in [0.717, 1.165) is 182 Å². The summed E-state index contributed by atoms with van der Waals surface area (Å²) in [5, 5.41) is 21.5. The number of rotatable bonds is 18. The molecule has 2 amide bonds. The molecule has 0 bridgehead atoms. The molecule has 21 nitrogen and oxygen atoms in total. The highest BCUT2D eigenvalue weighted by Crippen LogP contribution is 2.47. The van der Waals surface area contributed by atoms with E-state index in [-0.39, 0.29) is 49.2 Å². The van der Waals surface area contributed by atoms with Gasteiger partial charge in [-0.3, -0.25) is 19.2 Å². The van der Waals surface area contributed by atoms with Crippen LogP contribution in [-0.2, 0) is 73.9 Å². The van der Waals surface area contributed by atoms with Crippen LogP contribution in [0.15, 0.2) is 121 Å². The summed E-state index contributed by atoms with van der Waals surface area (Å²) in [4.78, 5) is 82.5. The first kappa shape index (κ1) is 71.1. The first-order valence-corrected chi connectivity index (χ1v) is 35.6. The zero-order valence-electron chi connectivity index (χ0n) is 58.4. The van der Waals surface area contributed by atoms with E-state index in [9.17, 15) is 39.0 Å². The molecule has 4 saturated heterocycles. The number of hydrogen-bond acceptors (Lipinski definition) is 17. The van der Waals surface area contributed by atoms with Crippen molar-refractivity contribution in [3.05, 3.63) is 155 Å². The lowest BCUT2D eigenvalue weighted by Gasteiger charge is -2.31. The van der Waals surface area contributed by atoms with Gasteiger partial charge in [-0.2, -0.15) is 0 Å². The summed E-state index contributed by atoms with van der Waals surface area (Å²) in [6.07, 6.45) is 14.4. The van der Waals surface area contributed by atoms with Gasteiger partial charge < -0.3 is 72.1 Å². The number of aromatic hydroxyl groups is 1. The second-order valence-electron chi connectivity index (χ2n) is 26.6. The summed E-state index contributed by atoms with van der Waals surface area (Å²) in [7, 11) is 5.49. The van der Waals surface area contributed by atoms with Gasteiger partial charge in [0.25, 0.3) is 0 Å². The number of aromatic nitrogens is 2. The van der Waals surface area contributed by atoms with Crippen LogP contribution in [-0.4, -0.2) is 149 Å². The summed E-state index contributed by atoms with van der Waals surface area (Å²) in [6.45, 7) is 7.95. The van der Waals surface area contributed by atoms with Crippen molar-refractivity contribution < 1.29 is 72.1 Å². The summed E-state index contributed by atoms with van der Waals surface area (Å²) in [5.41, 5.74) is 14.5. The molecule has 6 aromatic carbocycles. The molecule has 6 fully saturated rings. The Morgan fingerprint density at radius 1 is 0.475 bits per heavy atom. The largest absolute Gasteiger partial charge is 0.508 e. The van der Waals surface area contributed by atoms with Gasteiger partial charge in [0.2, 0.25) is 11.8 Å². The molecule has 0 atom stereocenters. The average molecular weight is 1380 g/mol. The number of carbonyl (C=O) groups is 6. The van der Waals surface area contributed by atoms with Crippen molar-refractivity contribution in [1.29, 1.82) is 0 Å². The number of carbonyl (C=O) groups excluding carboxylic acids is 6. The first-order chi connectivity index (χ1) is 49.3. The smallest absolute Gasteiger partial charge is 0.337 e. The second-order valence-corrected chi connectivity index (χ2v) is 26.6. The molecule has 532 valence electrons. The summed E-state index contributed by atoms with van der Waals surface area (Å²) >= 11 is 0. The van der Waals surface area contributed by atoms with E-state index in [2.05, 4.69) is 21.9 Å². The highest BCUT2D eigenvalue weighted by atomic mass is 16.5. The number of esters is 4. The number of morpholine rings is 2. The van der Waals surface area contributed by atoms with Crippen molar-refractivity contribution in [3.63, 3.8) is 0 Å². The number of anilines is 4. The van der Waals surface area contributed by atoms with Gasteiger partial charge in [0.05, 0.1) is 95.0 Å². The van der Waals surface area contributed by atoms with Crippen LogP contribution in [0, 0.1) is 0 Å². The molecule has 0 unspecified atom stereocenters. The minimum absolute atomic E-state index is 0.0113. The van der Waals surface area contributed by atoms with Gasteiger partial charge >= 0.3 is 23.9 Å². The number of benzene rings is 6. The summed E-state index contributed by atoms with van der Waals surface area (Å²) in [5.74, 6) is 0.354. The molecule has 2 N–H and O–H groups in total. The van der Waals surface area contributed by atoms with Crippen molar-refractivity contribution in [1.82, 2.24) is 9.13 Å². The molecule has 6 aliphatic rings. The van der Waals surface area contributed by atoms with Crippen molar-refractivity contribution in [3.8, 4) is 34.0 Å². The quantitative estimate of drug-likeness (QED) is 0.0601. The first-order valence-electron chi connectivity index (χ1n) is 35.6. The number of aliphatic hydroxyl groups is 1. The zero-order chi connectivity index (χ0) is 70.5. The van der Waals surface area contributed by atoms with Gasteiger partial charge in [0.15, 0.2) is 0 Å². The Kier molecular flexibility index (Phi) is 23.4. The monoisotopic (exact) mass is 1380 g/mol. The van der Waals surface area contributed by atoms with Crippen molar-refractivity contribution in [2.75, 3.05) is 114 Å². The molecule has 6 heterocycles. The molecular weight excluding hydrogens is 1280 g/mol. The van der Waals surface area contributed by atoms with Gasteiger partial charge in [-0.1, -0.05) is 50.7 Å². The average Bonchev–Trinajstić information content (AvgIpc) is 1.60. The van der Waals surface area contributed by atoms with Crippen LogP contribution in [0.3, 0.4) is 0 Å². The number of amides is 2. The van der Waals surface area contributed by atoms with Gasteiger partial charge in [0, 0.05) is 96.8 Å². The van der Waals surface area contributed by atoms with Gasteiger partial charge in [-0.05, 0) is 182 Å². The fourth-order valence-electron chi connectivity index (χ4n) is 15.5. The minimum Gasteiger partial charge on any atom is -0.508 e. The highest BCUT2D eigenvalue weighted by Gasteiger charge is 2.32. The Balaban J connectivity index is 0.000000160. The SMILES string of the molecule is COC(=O)Cn1c(-c2ccc(O)cc2)c(C2CCCCC2)c2ccc(C(=O)OC)cc21.COC(=O)Cn1c(-c2ccc(OCc3cc(N4CCCC4=O)ccc3N3CCOCC3)cc2)c(C2CCCCC2)c2ccc(C(=O)OC)cc21.O=C1CCCN1c1ccc(N2CCOCC2)c(CO)c1. The highest BCUT2D eigenvalue weighted by molar-refractivity contribution is 6.01. The van der Waals surface area contributed by atoms with Crippen LogP contribution in [0.4, 0.5) is 22.7 Å². The van der Waals surface area contributed by atoms with Crippen LogP contribution in [0.2, 0.25) is 0 Å². The van der Waals surface area contributed by atoms with E-state index in [1.54, 1.807) is 24.3 Å². The Morgan fingerprint density at radius 2 is 0.901 bits per heavy atom. The van der Waals surface area contributed by atoms with E-state index in [0.29, 0.717) is 61.4 Å². The summed E-state index contributed by atoms with van der Waals surface area (Å²) < 4.78 is 41.4. The third kappa shape index (κ3) is 16.1. The lowest BCUT2D eigenvalue weighted by Crippen LogP contribution is -2.37. The number of ether oxygens (including phenoxy) is 7. The number of hydrogen-bond donors (Lipinski definition) is 2. The maximum absolute atomic E-state index is 12.8. The third-order valence-corrected chi connectivity index (χ3v) is 20.5. The van der Waals surface area contributed by atoms with E-state index in [1.807, 2.05) is 104 Å². The van der Waals surface area contributed by atoms with Gasteiger partial charge in [0.1, 0.15) is 31.2 Å². The normalized spacial score (nSPS) is 16.8. The predicted molar refractivity (Wildman–Crippen MR) is 387 cm³/mol. The van der Waals surface area contributed by atoms with Gasteiger partial charge in [-0.25, -0.2) is 9.59 Å².